The van der Waals surface area contributed by atoms with Crippen LogP contribution in [0.5, 0.6) is 0 Å². The van der Waals surface area contributed by atoms with Crippen molar-refractivity contribution < 1.29 is 80.2 Å². The first-order chi connectivity index (χ1) is 46.5. The normalized spacial score (nSPS) is 13.9. The van der Waals surface area contributed by atoms with Crippen LogP contribution in [0.1, 0.15) is 407 Å². The molecule has 2 unspecified atom stereocenters. The molecule has 0 radical (unpaired) electrons. The first-order valence-corrected chi connectivity index (χ1v) is 43.1. The predicted molar refractivity (Wildman–Crippen MR) is 391 cm³/mol. The second-order valence-corrected chi connectivity index (χ2v) is 31.1. The largest absolute Gasteiger partial charge is 0.472 e. The molecule has 0 saturated carbocycles. The molecule has 0 aromatic rings. The van der Waals surface area contributed by atoms with E-state index in [-0.39, 0.29) is 25.7 Å². The maximum Gasteiger partial charge on any atom is 0.472 e. The molecule has 0 spiro atoms. The van der Waals surface area contributed by atoms with Crippen molar-refractivity contribution in [3.05, 3.63) is 0 Å². The van der Waals surface area contributed by atoms with Crippen molar-refractivity contribution in [2.24, 2.45) is 5.92 Å². The monoisotopic (exact) mass is 1410 g/mol. The molecule has 0 aliphatic heterocycles. The van der Waals surface area contributed by atoms with E-state index < -0.39 is 97.5 Å². The lowest BCUT2D eigenvalue weighted by molar-refractivity contribution is -0.161. The zero-order chi connectivity index (χ0) is 70.5. The molecule has 19 heteroatoms. The van der Waals surface area contributed by atoms with Crippen molar-refractivity contribution in [3.8, 4) is 0 Å². The molecular weight excluding hydrogens is 1260 g/mol. The number of ether oxygens (including phenoxy) is 4. The van der Waals surface area contributed by atoms with Gasteiger partial charge < -0.3 is 33.8 Å². The van der Waals surface area contributed by atoms with E-state index in [0.717, 1.165) is 95.8 Å². The Balaban J connectivity index is 5.24. The molecule has 5 atom stereocenters. The molecule has 0 fully saturated rings. The van der Waals surface area contributed by atoms with Crippen LogP contribution in [0.3, 0.4) is 0 Å². The van der Waals surface area contributed by atoms with Gasteiger partial charge in [-0.3, -0.25) is 37.3 Å². The quantitative estimate of drug-likeness (QED) is 0.0222. The first kappa shape index (κ1) is 94.1. The van der Waals surface area contributed by atoms with Crippen LogP contribution in [0.25, 0.3) is 0 Å². The standard InChI is InChI=1S/C77H150O17P2/c1-6-9-12-15-18-21-24-26-28-29-30-32-34-37-42-47-52-57-62-76(81)93-72(66-88-75(80)61-56-51-46-41-36-33-31-27-25-22-19-16-13-10-7-2)68-91-95(83,84)89-64-71(78)65-90-96(85,86)92-69-73(67-87-74(79)60-55-50-45-40-35-23-20-17-14-11-8-3)94-77(82)63-58-53-48-43-38-39-44-49-54-59-70(4)5/h70-73,78H,6-69H2,1-5H3,(H,83,84)(H,85,86)/t71-,72-,73-/m1/s1. The van der Waals surface area contributed by atoms with E-state index in [0.29, 0.717) is 25.7 Å². The number of esters is 4. The Morgan fingerprint density at radius 1 is 0.281 bits per heavy atom. The number of unbranched alkanes of at least 4 members (excludes halogenated alkanes) is 49. The molecule has 570 valence electrons. The number of hydrogen-bond acceptors (Lipinski definition) is 15. The van der Waals surface area contributed by atoms with Gasteiger partial charge in [0.15, 0.2) is 12.2 Å². The van der Waals surface area contributed by atoms with Gasteiger partial charge >= 0.3 is 39.5 Å². The smallest absolute Gasteiger partial charge is 0.462 e. The highest BCUT2D eigenvalue weighted by atomic mass is 31.2. The van der Waals surface area contributed by atoms with Crippen molar-refractivity contribution in [2.75, 3.05) is 39.6 Å². The zero-order valence-electron chi connectivity index (χ0n) is 62.5. The summed E-state index contributed by atoms with van der Waals surface area (Å²) < 4.78 is 68.6. The Kier molecular flexibility index (Phi) is 68.7. The van der Waals surface area contributed by atoms with E-state index in [1.165, 1.54) is 231 Å². The summed E-state index contributed by atoms with van der Waals surface area (Å²) in [6.45, 7) is 7.28. The van der Waals surface area contributed by atoms with Crippen LogP contribution < -0.4 is 0 Å². The Morgan fingerprint density at radius 3 is 0.708 bits per heavy atom. The topological polar surface area (TPSA) is 237 Å². The fourth-order valence-electron chi connectivity index (χ4n) is 11.9. The van der Waals surface area contributed by atoms with Crippen LogP contribution >= 0.6 is 15.6 Å². The third-order valence-corrected chi connectivity index (χ3v) is 19.9. The fraction of sp³-hybridized carbons (Fsp3) is 0.948. The van der Waals surface area contributed by atoms with Crippen LogP contribution in [0.4, 0.5) is 0 Å². The third kappa shape index (κ3) is 70.5. The number of phosphoric acid groups is 2. The Hall–Kier alpha value is -1.94. The summed E-state index contributed by atoms with van der Waals surface area (Å²) in [6.07, 6.45) is 59.6. The Labute approximate surface area is 588 Å². The highest BCUT2D eigenvalue weighted by Crippen LogP contribution is 2.45. The van der Waals surface area contributed by atoms with Gasteiger partial charge in [-0.25, -0.2) is 9.13 Å². The van der Waals surface area contributed by atoms with Gasteiger partial charge in [-0.05, 0) is 31.6 Å². The molecule has 96 heavy (non-hydrogen) atoms. The Morgan fingerprint density at radius 2 is 0.479 bits per heavy atom. The molecule has 0 aliphatic rings. The van der Waals surface area contributed by atoms with Gasteiger partial charge in [0.25, 0.3) is 0 Å². The number of hydrogen-bond donors (Lipinski definition) is 3. The minimum Gasteiger partial charge on any atom is -0.462 e. The average molecular weight is 1410 g/mol. The molecule has 0 amide bonds. The molecule has 0 heterocycles. The molecule has 0 aromatic heterocycles. The first-order valence-electron chi connectivity index (χ1n) is 40.1. The van der Waals surface area contributed by atoms with Crippen molar-refractivity contribution in [3.63, 3.8) is 0 Å². The van der Waals surface area contributed by atoms with E-state index in [4.69, 9.17) is 37.0 Å². The minimum atomic E-state index is -4.96. The molecule has 0 aliphatic carbocycles. The van der Waals surface area contributed by atoms with Crippen molar-refractivity contribution in [1.29, 1.82) is 0 Å². The van der Waals surface area contributed by atoms with E-state index in [1.807, 2.05) is 0 Å². The summed E-state index contributed by atoms with van der Waals surface area (Å²) in [5.74, 6) is -1.37. The van der Waals surface area contributed by atoms with Gasteiger partial charge in [-0.2, -0.15) is 0 Å². The predicted octanol–water partition coefficient (Wildman–Crippen LogP) is 22.9. The fourth-order valence-corrected chi connectivity index (χ4v) is 13.5. The zero-order valence-corrected chi connectivity index (χ0v) is 64.3. The van der Waals surface area contributed by atoms with E-state index in [1.54, 1.807) is 0 Å². The lowest BCUT2D eigenvalue weighted by Crippen LogP contribution is -2.30. The van der Waals surface area contributed by atoms with Gasteiger partial charge in [-0.15, -0.1) is 0 Å². The van der Waals surface area contributed by atoms with E-state index >= 15 is 0 Å². The highest BCUT2D eigenvalue weighted by molar-refractivity contribution is 7.47. The second-order valence-electron chi connectivity index (χ2n) is 28.2. The van der Waals surface area contributed by atoms with Crippen molar-refractivity contribution >= 4 is 39.5 Å². The molecule has 3 N–H and O–H groups in total. The summed E-state index contributed by atoms with van der Waals surface area (Å²) in [7, 11) is -9.91. The van der Waals surface area contributed by atoms with Crippen LogP contribution in [0.2, 0.25) is 0 Å². The molecule has 0 saturated heterocycles. The van der Waals surface area contributed by atoms with Crippen molar-refractivity contribution in [1.82, 2.24) is 0 Å². The van der Waals surface area contributed by atoms with Gasteiger partial charge in [0.2, 0.25) is 0 Å². The number of phosphoric ester groups is 2. The van der Waals surface area contributed by atoms with Gasteiger partial charge in [-0.1, -0.05) is 356 Å². The number of carbonyl (C=O) groups is 4. The van der Waals surface area contributed by atoms with Crippen LogP contribution in [0.15, 0.2) is 0 Å². The van der Waals surface area contributed by atoms with E-state index in [2.05, 4.69) is 34.6 Å². The van der Waals surface area contributed by atoms with Gasteiger partial charge in [0.05, 0.1) is 26.4 Å². The summed E-state index contributed by atoms with van der Waals surface area (Å²) in [6, 6.07) is 0. The SMILES string of the molecule is CCCCCCCCCCCCCCCCCCCCC(=O)O[C@H](COC(=O)CCCCCCCCCCCCCCCCC)COP(=O)(O)OC[C@@H](O)COP(=O)(O)OC[C@@H](COC(=O)CCCCCCCCCCCCC)OC(=O)CCCCCCCCCCCC(C)C. The second kappa shape index (κ2) is 70.1. The molecule has 0 bridgehead atoms. The Bertz CT molecular complexity index is 1840. The lowest BCUT2D eigenvalue weighted by Gasteiger charge is -2.21. The molecular formula is C77H150O17P2. The number of carbonyl (C=O) groups excluding carboxylic acids is 4. The lowest BCUT2D eigenvalue weighted by atomic mass is 10.0. The van der Waals surface area contributed by atoms with E-state index in [9.17, 15) is 43.2 Å². The molecule has 0 aromatic carbocycles. The summed E-state index contributed by atoms with van der Waals surface area (Å²) in [5, 5.41) is 10.6. The summed E-state index contributed by atoms with van der Waals surface area (Å²) >= 11 is 0. The minimum absolute atomic E-state index is 0.106. The number of rotatable bonds is 77. The maximum absolute atomic E-state index is 13.1. The number of aliphatic hydroxyl groups excluding tert-OH is 1. The summed E-state index contributed by atoms with van der Waals surface area (Å²) in [4.78, 5) is 72.9. The van der Waals surface area contributed by atoms with Crippen LogP contribution in [-0.4, -0.2) is 96.7 Å². The van der Waals surface area contributed by atoms with Gasteiger partial charge in [0, 0.05) is 25.7 Å². The highest BCUT2D eigenvalue weighted by Gasteiger charge is 2.30. The average Bonchev–Trinajstić information content (AvgIpc) is 1.63. The molecule has 0 rings (SSSR count). The maximum atomic E-state index is 13.1. The van der Waals surface area contributed by atoms with Crippen LogP contribution in [0, 0.1) is 5.92 Å². The van der Waals surface area contributed by atoms with Crippen molar-refractivity contribution in [2.45, 2.75) is 425 Å². The van der Waals surface area contributed by atoms with Gasteiger partial charge in [0.1, 0.15) is 19.3 Å². The number of aliphatic hydroxyl groups is 1. The third-order valence-electron chi connectivity index (χ3n) is 18.0. The van der Waals surface area contributed by atoms with Crippen LogP contribution in [-0.2, 0) is 65.4 Å². The molecule has 17 nitrogen and oxygen atoms in total. The summed E-state index contributed by atoms with van der Waals surface area (Å²) in [5.41, 5.74) is 0.